The van der Waals surface area contributed by atoms with Crippen molar-refractivity contribution in [1.82, 2.24) is 0 Å². The lowest BCUT2D eigenvalue weighted by molar-refractivity contribution is -0.145. The Kier molecular flexibility index (Phi) is 10.3. The van der Waals surface area contributed by atoms with Crippen molar-refractivity contribution in [2.75, 3.05) is 7.11 Å². The van der Waals surface area contributed by atoms with Gasteiger partial charge in [0.2, 0.25) is 0 Å². The molecule has 0 aliphatic rings. The fourth-order valence-electron chi connectivity index (χ4n) is 1.74. The number of carbonyl (C=O) groups excluding carboxylic acids is 3. The summed E-state index contributed by atoms with van der Waals surface area (Å²) in [4.78, 5) is 32.8. The van der Waals surface area contributed by atoms with Crippen LogP contribution in [-0.4, -0.2) is 30.9 Å². The first-order valence-corrected chi connectivity index (χ1v) is 6.91. The molecule has 0 aromatic carbocycles. The number of allylic oxidation sites excluding steroid dienone is 1. The molecule has 0 N–H and O–H groups in total. The molecule has 0 spiro atoms. The van der Waals surface area contributed by atoms with Crippen LogP contribution in [0.5, 0.6) is 0 Å². The quantitative estimate of drug-likeness (QED) is 0.350. The van der Waals surface area contributed by atoms with E-state index in [1.54, 1.807) is 0 Å². The Balaban J connectivity index is 3.53. The zero-order valence-corrected chi connectivity index (χ0v) is 12.5. The molecule has 0 fully saturated rings. The van der Waals surface area contributed by atoms with Crippen LogP contribution in [0.1, 0.15) is 52.4 Å². The van der Waals surface area contributed by atoms with E-state index in [9.17, 15) is 14.4 Å². The molecule has 0 radical (unpaired) electrons. The van der Waals surface area contributed by atoms with E-state index in [0.29, 0.717) is 6.42 Å². The lowest BCUT2D eigenvalue weighted by Crippen LogP contribution is -2.11. The van der Waals surface area contributed by atoms with E-state index in [4.69, 9.17) is 4.74 Å². The van der Waals surface area contributed by atoms with Gasteiger partial charge < -0.3 is 9.47 Å². The highest BCUT2D eigenvalue weighted by Crippen LogP contribution is 2.09. The molecule has 0 heterocycles. The SMILES string of the molecule is COC(=O)/C=C/C(=O)CCCCCC[C@@H](C)OC(C)=O. The van der Waals surface area contributed by atoms with Gasteiger partial charge in [-0.15, -0.1) is 0 Å². The minimum atomic E-state index is -0.516. The molecule has 0 aliphatic carbocycles. The first kappa shape index (κ1) is 18.4. The molecule has 0 aromatic heterocycles. The fraction of sp³-hybridized carbons (Fsp3) is 0.667. The van der Waals surface area contributed by atoms with Crippen LogP contribution in [0.15, 0.2) is 12.2 Å². The topological polar surface area (TPSA) is 69.7 Å². The van der Waals surface area contributed by atoms with Gasteiger partial charge in [-0.25, -0.2) is 4.79 Å². The molecule has 20 heavy (non-hydrogen) atoms. The Hall–Kier alpha value is -1.65. The molecule has 0 amide bonds. The zero-order valence-electron chi connectivity index (χ0n) is 12.5. The third-order valence-corrected chi connectivity index (χ3v) is 2.76. The number of esters is 2. The first-order chi connectivity index (χ1) is 9.45. The third kappa shape index (κ3) is 11.4. The number of ether oxygens (including phenoxy) is 2. The highest BCUT2D eigenvalue weighted by molar-refractivity contribution is 5.95. The molecular weight excluding hydrogens is 260 g/mol. The minimum Gasteiger partial charge on any atom is -0.466 e. The number of rotatable bonds is 10. The van der Waals surface area contributed by atoms with Crippen LogP contribution in [0.25, 0.3) is 0 Å². The number of ketones is 1. The molecule has 0 bridgehead atoms. The van der Waals surface area contributed by atoms with Crippen LogP contribution in [0.2, 0.25) is 0 Å². The second-order valence-corrected chi connectivity index (χ2v) is 4.70. The molecule has 0 aliphatic heterocycles. The van der Waals surface area contributed by atoms with Crippen molar-refractivity contribution >= 4 is 17.7 Å². The maximum atomic E-state index is 11.4. The summed E-state index contributed by atoms with van der Waals surface area (Å²) in [6, 6.07) is 0. The van der Waals surface area contributed by atoms with Crippen LogP contribution in [0.4, 0.5) is 0 Å². The summed E-state index contributed by atoms with van der Waals surface area (Å²) in [6.45, 7) is 3.28. The molecule has 5 nitrogen and oxygen atoms in total. The average Bonchev–Trinajstić information content (AvgIpc) is 2.39. The van der Waals surface area contributed by atoms with Crippen molar-refractivity contribution in [2.24, 2.45) is 0 Å². The predicted octanol–water partition coefficient (Wildman–Crippen LogP) is 2.58. The lowest BCUT2D eigenvalue weighted by Gasteiger charge is -2.10. The molecule has 0 rings (SSSR count). The summed E-state index contributed by atoms with van der Waals surface area (Å²) in [5.74, 6) is -0.832. The van der Waals surface area contributed by atoms with Crippen LogP contribution in [0, 0.1) is 0 Å². The second kappa shape index (κ2) is 11.2. The van der Waals surface area contributed by atoms with Gasteiger partial charge in [0, 0.05) is 19.4 Å². The van der Waals surface area contributed by atoms with E-state index in [1.165, 1.54) is 20.1 Å². The summed E-state index contributed by atoms with van der Waals surface area (Å²) in [5, 5.41) is 0. The number of methoxy groups -OCH3 is 1. The van der Waals surface area contributed by atoms with E-state index in [-0.39, 0.29) is 17.9 Å². The summed E-state index contributed by atoms with van der Waals surface area (Å²) >= 11 is 0. The van der Waals surface area contributed by atoms with Gasteiger partial charge in [-0.1, -0.05) is 12.8 Å². The fourth-order valence-corrected chi connectivity index (χ4v) is 1.74. The summed E-state index contributed by atoms with van der Waals surface area (Å²) in [7, 11) is 1.27. The maximum absolute atomic E-state index is 11.4. The van der Waals surface area contributed by atoms with Gasteiger partial charge in [0.15, 0.2) is 5.78 Å². The Bertz CT molecular complexity index is 346. The smallest absolute Gasteiger partial charge is 0.330 e. The average molecular weight is 284 g/mol. The van der Waals surface area contributed by atoms with Crippen LogP contribution in [-0.2, 0) is 23.9 Å². The van der Waals surface area contributed by atoms with E-state index in [1.807, 2.05) is 6.92 Å². The Morgan fingerprint density at radius 3 is 2.30 bits per heavy atom. The van der Waals surface area contributed by atoms with Gasteiger partial charge in [-0.3, -0.25) is 9.59 Å². The van der Waals surface area contributed by atoms with E-state index >= 15 is 0 Å². The van der Waals surface area contributed by atoms with Gasteiger partial charge in [0.05, 0.1) is 13.2 Å². The molecule has 1 atom stereocenters. The van der Waals surface area contributed by atoms with Crippen molar-refractivity contribution < 1.29 is 23.9 Å². The van der Waals surface area contributed by atoms with Crippen LogP contribution >= 0.6 is 0 Å². The molecule has 0 saturated heterocycles. The van der Waals surface area contributed by atoms with Gasteiger partial charge >= 0.3 is 11.9 Å². The molecular formula is C15H24O5. The standard InChI is InChI=1S/C15H24O5/c1-12(20-13(2)16)8-6-4-5-7-9-14(17)10-11-15(18)19-3/h10-12H,4-9H2,1-3H3/b11-10+/t12-/m1/s1. The van der Waals surface area contributed by atoms with Crippen molar-refractivity contribution in [3.8, 4) is 0 Å². The number of hydrogen-bond acceptors (Lipinski definition) is 5. The van der Waals surface area contributed by atoms with Crippen LogP contribution in [0.3, 0.4) is 0 Å². The highest BCUT2D eigenvalue weighted by atomic mass is 16.5. The maximum Gasteiger partial charge on any atom is 0.330 e. The van der Waals surface area contributed by atoms with Crippen molar-refractivity contribution in [3.05, 3.63) is 12.2 Å². The predicted molar refractivity (Wildman–Crippen MR) is 75.1 cm³/mol. The van der Waals surface area contributed by atoms with E-state index < -0.39 is 5.97 Å². The summed E-state index contributed by atoms with van der Waals surface area (Å²) in [6.07, 6.45) is 7.36. The van der Waals surface area contributed by atoms with Crippen molar-refractivity contribution in [2.45, 2.75) is 58.5 Å². The molecule has 5 heteroatoms. The Morgan fingerprint density at radius 2 is 1.70 bits per heavy atom. The Morgan fingerprint density at radius 1 is 1.05 bits per heavy atom. The molecule has 0 unspecified atom stereocenters. The van der Waals surface area contributed by atoms with Gasteiger partial charge in [0.1, 0.15) is 0 Å². The summed E-state index contributed by atoms with van der Waals surface area (Å²) in [5.41, 5.74) is 0. The van der Waals surface area contributed by atoms with Gasteiger partial charge in [0.25, 0.3) is 0 Å². The van der Waals surface area contributed by atoms with Gasteiger partial charge in [-0.05, 0) is 32.3 Å². The zero-order chi connectivity index (χ0) is 15.4. The lowest BCUT2D eigenvalue weighted by atomic mass is 10.1. The number of carbonyl (C=O) groups is 3. The van der Waals surface area contributed by atoms with Gasteiger partial charge in [-0.2, -0.15) is 0 Å². The van der Waals surface area contributed by atoms with Crippen molar-refractivity contribution in [3.63, 3.8) is 0 Å². The molecule has 114 valence electrons. The normalized spacial score (nSPS) is 12.2. The first-order valence-electron chi connectivity index (χ1n) is 6.91. The van der Waals surface area contributed by atoms with E-state index in [0.717, 1.165) is 38.2 Å². The van der Waals surface area contributed by atoms with E-state index in [2.05, 4.69) is 4.74 Å². The van der Waals surface area contributed by atoms with Crippen LogP contribution < -0.4 is 0 Å². The highest BCUT2D eigenvalue weighted by Gasteiger charge is 2.05. The second-order valence-electron chi connectivity index (χ2n) is 4.70. The Labute approximate surface area is 120 Å². The minimum absolute atomic E-state index is 0.0443. The monoisotopic (exact) mass is 284 g/mol. The largest absolute Gasteiger partial charge is 0.466 e. The van der Waals surface area contributed by atoms with Crippen molar-refractivity contribution in [1.29, 1.82) is 0 Å². The molecule has 0 saturated carbocycles. The number of unbranched alkanes of at least 4 members (excludes halogenated alkanes) is 3. The third-order valence-electron chi connectivity index (χ3n) is 2.76. The molecule has 0 aromatic rings. The summed E-state index contributed by atoms with van der Waals surface area (Å²) < 4.78 is 9.41. The number of hydrogen-bond donors (Lipinski definition) is 0.